The highest BCUT2D eigenvalue weighted by Crippen LogP contribution is 2.34. The number of nitrogens with zero attached hydrogens (tertiary/aromatic N) is 1. The smallest absolute Gasteiger partial charge is 0.146 e. The zero-order valence-corrected chi connectivity index (χ0v) is 14.8. The molecule has 2 rings (SSSR count). The lowest BCUT2D eigenvalue weighted by Gasteiger charge is -2.38. The van der Waals surface area contributed by atoms with Crippen molar-refractivity contribution in [3.8, 4) is 0 Å². The number of rotatable bonds is 4. The minimum absolute atomic E-state index is 0. The first-order chi connectivity index (χ1) is 9.15. The quantitative estimate of drug-likeness (QED) is 0.863. The Morgan fingerprint density at radius 3 is 2.48 bits per heavy atom. The van der Waals surface area contributed by atoms with Crippen LogP contribution in [0.1, 0.15) is 31.9 Å². The SMILES string of the molecule is CCC(C)[C@@H](c1cccc(Cl)c1F)N1CCNCC1.Cl.Cl. The molecule has 0 aromatic heterocycles. The van der Waals surface area contributed by atoms with Gasteiger partial charge >= 0.3 is 0 Å². The lowest BCUT2D eigenvalue weighted by atomic mass is 9.90. The maximum atomic E-state index is 14.3. The third-order valence-corrected chi connectivity index (χ3v) is 4.32. The van der Waals surface area contributed by atoms with Crippen LogP contribution in [0, 0.1) is 11.7 Å². The molecule has 2 nitrogen and oxygen atoms in total. The first kappa shape index (κ1) is 20.9. The Hall–Kier alpha value is -0.0600. The van der Waals surface area contributed by atoms with Crippen LogP contribution in [0.3, 0.4) is 0 Å². The molecule has 0 radical (unpaired) electrons. The molecule has 122 valence electrons. The molecule has 0 amide bonds. The molecule has 0 bridgehead atoms. The van der Waals surface area contributed by atoms with Crippen molar-refractivity contribution in [1.82, 2.24) is 10.2 Å². The summed E-state index contributed by atoms with van der Waals surface area (Å²) in [5.74, 6) is 0.152. The number of benzene rings is 1. The van der Waals surface area contributed by atoms with E-state index < -0.39 is 0 Å². The maximum Gasteiger partial charge on any atom is 0.146 e. The van der Waals surface area contributed by atoms with Crippen LogP contribution in [0.15, 0.2) is 18.2 Å². The zero-order chi connectivity index (χ0) is 13.8. The molecule has 1 aromatic rings. The lowest BCUT2D eigenvalue weighted by molar-refractivity contribution is 0.125. The van der Waals surface area contributed by atoms with E-state index in [1.54, 1.807) is 6.07 Å². The molecular weight excluding hydrogens is 334 g/mol. The molecule has 1 N–H and O–H groups in total. The van der Waals surface area contributed by atoms with Gasteiger partial charge in [0.1, 0.15) is 5.82 Å². The maximum absolute atomic E-state index is 14.3. The van der Waals surface area contributed by atoms with Gasteiger partial charge in [0.25, 0.3) is 0 Å². The van der Waals surface area contributed by atoms with Gasteiger partial charge in [0.15, 0.2) is 0 Å². The van der Waals surface area contributed by atoms with Crippen molar-refractivity contribution in [2.45, 2.75) is 26.3 Å². The van der Waals surface area contributed by atoms with Crippen LogP contribution in [0.5, 0.6) is 0 Å². The van der Waals surface area contributed by atoms with E-state index in [9.17, 15) is 4.39 Å². The molecule has 1 unspecified atom stereocenters. The molecule has 1 aliphatic rings. The Balaban J connectivity index is 0.00000200. The number of nitrogens with one attached hydrogen (secondary N) is 1. The van der Waals surface area contributed by atoms with Crippen molar-refractivity contribution in [3.63, 3.8) is 0 Å². The van der Waals surface area contributed by atoms with Crippen molar-refractivity contribution >= 4 is 36.4 Å². The molecule has 1 aromatic carbocycles. The zero-order valence-electron chi connectivity index (χ0n) is 12.4. The van der Waals surface area contributed by atoms with Crippen LogP contribution in [0.25, 0.3) is 0 Å². The van der Waals surface area contributed by atoms with E-state index in [2.05, 4.69) is 24.1 Å². The highest BCUT2D eigenvalue weighted by molar-refractivity contribution is 6.30. The monoisotopic (exact) mass is 356 g/mol. The van der Waals surface area contributed by atoms with Gasteiger partial charge in [-0.3, -0.25) is 4.90 Å². The summed E-state index contributed by atoms with van der Waals surface area (Å²) >= 11 is 5.94. The molecule has 6 heteroatoms. The van der Waals surface area contributed by atoms with Crippen LogP contribution in [0.2, 0.25) is 5.02 Å². The standard InChI is InChI=1S/C15H22ClFN2.2ClH/c1-3-11(2)15(19-9-7-18-8-10-19)12-5-4-6-13(16)14(12)17;;/h4-6,11,15,18H,3,7-10H2,1-2H3;2*1H/t11?,15-;;/m0../s1. The van der Waals surface area contributed by atoms with Crippen molar-refractivity contribution in [1.29, 1.82) is 0 Å². The van der Waals surface area contributed by atoms with Gasteiger partial charge in [-0.05, 0) is 12.0 Å². The van der Waals surface area contributed by atoms with Crippen molar-refractivity contribution < 1.29 is 4.39 Å². The van der Waals surface area contributed by atoms with E-state index in [4.69, 9.17) is 11.6 Å². The second-order valence-corrected chi connectivity index (χ2v) is 5.67. The van der Waals surface area contributed by atoms with Gasteiger partial charge in [-0.1, -0.05) is 44.0 Å². The van der Waals surface area contributed by atoms with E-state index in [0.717, 1.165) is 38.2 Å². The molecular formula is C15H24Cl3FN2. The summed E-state index contributed by atoms with van der Waals surface area (Å²) in [6.45, 7) is 8.20. The minimum atomic E-state index is -0.256. The lowest BCUT2D eigenvalue weighted by Crippen LogP contribution is -2.46. The van der Waals surface area contributed by atoms with Crippen molar-refractivity contribution in [2.24, 2.45) is 5.92 Å². The molecule has 0 saturated carbocycles. The molecule has 1 aliphatic heterocycles. The summed E-state index contributed by atoms with van der Waals surface area (Å²) in [5.41, 5.74) is 0.740. The molecule has 0 aliphatic carbocycles. The average molecular weight is 358 g/mol. The molecule has 1 fully saturated rings. The third kappa shape index (κ3) is 4.97. The Labute approximate surface area is 144 Å². The number of piperazine rings is 1. The average Bonchev–Trinajstić information content (AvgIpc) is 2.44. The highest BCUT2D eigenvalue weighted by atomic mass is 35.5. The molecule has 0 spiro atoms. The summed E-state index contributed by atoms with van der Waals surface area (Å²) in [4.78, 5) is 2.37. The van der Waals surface area contributed by atoms with Crippen LogP contribution < -0.4 is 5.32 Å². The fourth-order valence-corrected chi connectivity index (χ4v) is 2.98. The van der Waals surface area contributed by atoms with E-state index in [1.807, 2.05) is 12.1 Å². The van der Waals surface area contributed by atoms with Gasteiger partial charge in [0, 0.05) is 37.8 Å². The van der Waals surface area contributed by atoms with Gasteiger partial charge < -0.3 is 5.32 Å². The first-order valence-electron chi connectivity index (χ1n) is 7.03. The van der Waals surface area contributed by atoms with Gasteiger partial charge in [-0.25, -0.2) is 4.39 Å². The molecule has 21 heavy (non-hydrogen) atoms. The molecule has 1 saturated heterocycles. The fourth-order valence-electron chi connectivity index (χ4n) is 2.80. The minimum Gasteiger partial charge on any atom is -0.314 e. The fraction of sp³-hybridized carbons (Fsp3) is 0.600. The van der Waals surface area contributed by atoms with Crippen molar-refractivity contribution in [3.05, 3.63) is 34.6 Å². The summed E-state index contributed by atoms with van der Waals surface area (Å²) in [6.07, 6.45) is 1.03. The van der Waals surface area contributed by atoms with Gasteiger partial charge in [-0.15, -0.1) is 24.8 Å². The van der Waals surface area contributed by atoms with Crippen LogP contribution in [-0.2, 0) is 0 Å². The van der Waals surface area contributed by atoms with E-state index >= 15 is 0 Å². The Bertz CT molecular complexity index is 425. The topological polar surface area (TPSA) is 15.3 Å². The largest absolute Gasteiger partial charge is 0.314 e. The Morgan fingerprint density at radius 2 is 1.90 bits per heavy atom. The van der Waals surface area contributed by atoms with Gasteiger partial charge in [0.05, 0.1) is 5.02 Å². The summed E-state index contributed by atoms with van der Waals surface area (Å²) in [7, 11) is 0. The number of hydrogen-bond acceptors (Lipinski definition) is 2. The predicted octanol–water partition coefficient (Wildman–Crippen LogP) is 4.32. The molecule has 2 atom stereocenters. The number of hydrogen-bond donors (Lipinski definition) is 1. The van der Waals surface area contributed by atoms with E-state index in [0.29, 0.717) is 5.92 Å². The summed E-state index contributed by atoms with van der Waals surface area (Å²) < 4.78 is 14.3. The van der Waals surface area contributed by atoms with Gasteiger partial charge in [-0.2, -0.15) is 0 Å². The van der Waals surface area contributed by atoms with Crippen LogP contribution in [-0.4, -0.2) is 31.1 Å². The molecule has 1 heterocycles. The highest BCUT2D eigenvalue weighted by Gasteiger charge is 2.29. The number of halogens is 4. The second kappa shape index (κ2) is 9.86. The van der Waals surface area contributed by atoms with Gasteiger partial charge in [0.2, 0.25) is 0 Å². The predicted molar refractivity (Wildman–Crippen MR) is 92.5 cm³/mol. The summed E-state index contributed by atoms with van der Waals surface area (Å²) in [6, 6.07) is 5.45. The Kier molecular flexibility index (Phi) is 9.83. The summed E-state index contributed by atoms with van der Waals surface area (Å²) in [5, 5.41) is 3.57. The second-order valence-electron chi connectivity index (χ2n) is 5.26. The van der Waals surface area contributed by atoms with E-state index in [-0.39, 0.29) is 41.7 Å². The van der Waals surface area contributed by atoms with E-state index in [1.165, 1.54) is 0 Å². The van der Waals surface area contributed by atoms with Crippen LogP contribution >= 0.6 is 36.4 Å². The Morgan fingerprint density at radius 1 is 1.29 bits per heavy atom. The van der Waals surface area contributed by atoms with Crippen LogP contribution in [0.4, 0.5) is 4.39 Å². The third-order valence-electron chi connectivity index (χ3n) is 4.03. The van der Waals surface area contributed by atoms with Crippen molar-refractivity contribution in [2.75, 3.05) is 26.2 Å². The first-order valence-corrected chi connectivity index (χ1v) is 7.41. The normalized spacial score (nSPS) is 18.3.